The molecule has 0 aromatic rings. The van der Waals surface area contributed by atoms with Crippen LogP contribution in [-0.4, -0.2) is 18.0 Å². The summed E-state index contributed by atoms with van der Waals surface area (Å²) in [6.07, 6.45) is 18.4. The quantitative estimate of drug-likeness (QED) is 0.649. The molecular weight excluding hydrogens is 234 g/mol. The summed E-state index contributed by atoms with van der Waals surface area (Å²) in [6, 6.07) is 0.0658. The van der Waals surface area contributed by atoms with Crippen LogP contribution in [0.2, 0.25) is 0 Å². The van der Waals surface area contributed by atoms with Crippen molar-refractivity contribution in [3.8, 4) is 0 Å². The summed E-state index contributed by atoms with van der Waals surface area (Å²) in [5, 5.41) is 0. The molecule has 2 nitrogen and oxygen atoms in total. The van der Waals surface area contributed by atoms with Crippen LogP contribution in [0.3, 0.4) is 0 Å². The van der Waals surface area contributed by atoms with Gasteiger partial charge in [-0.3, -0.25) is 9.79 Å². The minimum atomic E-state index is 0.0658. The Morgan fingerprint density at radius 3 is 3.00 bits per heavy atom. The van der Waals surface area contributed by atoms with Gasteiger partial charge in [0.1, 0.15) is 0 Å². The highest BCUT2D eigenvalue weighted by Gasteiger charge is 2.37. The molecule has 3 aliphatic carbocycles. The van der Waals surface area contributed by atoms with Crippen LogP contribution in [0, 0.1) is 11.8 Å². The molecule has 0 spiro atoms. The first-order valence-electron chi connectivity index (χ1n) is 6.87. The summed E-state index contributed by atoms with van der Waals surface area (Å²) in [5.74, 6) is 0.987. The highest BCUT2D eigenvalue weighted by Crippen LogP contribution is 2.43. The number of ketones is 1. The number of carbonyl (C=O) groups is 1. The van der Waals surface area contributed by atoms with Gasteiger partial charge in [0.2, 0.25) is 0 Å². The molecule has 0 aromatic heterocycles. The summed E-state index contributed by atoms with van der Waals surface area (Å²) in [7, 11) is 0. The predicted molar refractivity (Wildman–Crippen MR) is 76.0 cm³/mol. The van der Waals surface area contributed by atoms with E-state index in [1.54, 1.807) is 0 Å². The molecular formula is C17H15NO. The number of hydrogen-bond donors (Lipinski definition) is 0. The van der Waals surface area contributed by atoms with Crippen LogP contribution in [0.5, 0.6) is 0 Å². The number of hydrogen-bond acceptors (Lipinski definition) is 2. The average Bonchev–Trinajstić information content (AvgIpc) is 2.46. The van der Waals surface area contributed by atoms with Gasteiger partial charge in [0, 0.05) is 30.5 Å². The van der Waals surface area contributed by atoms with E-state index in [0.29, 0.717) is 18.3 Å². The van der Waals surface area contributed by atoms with E-state index in [1.807, 2.05) is 6.21 Å². The van der Waals surface area contributed by atoms with Gasteiger partial charge in [-0.1, -0.05) is 42.5 Å². The Bertz CT molecular complexity index is 628. The van der Waals surface area contributed by atoms with Crippen molar-refractivity contribution in [2.45, 2.75) is 18.9 Å². The minimum Gasteiger partial charge on any atom is -0.294 e. The van der Waals surface area contributed by atoms with Crippen molar-refractivity contribution in [1.29, 1.82) is 0 Å². The lowest BCUT2D eigenvalue weighted by atomic mass is 9.68. The van der Waals surface area contributed by atoms with E-state index in [9.17, 15) is 4.79 Å². The van der Waals surface area contributed by atoms with Crippen LogP contribution in [-0.2, 0) is 4.79 Å². The van der Waals surface area contributed by atoms with Gasteiger partial charge in [0.05, 0.1) is 6.04 Å². The zero-order valence-electron chi connectivity index (χ0n) is 10.6. The predicted octanol–water partition coefficient (Wildman–Crippen LogP) is 2.95. The van der Waals surface area contributed by atoms with Crippen molar-refractivity contribution in [2.75, 3.05) is 0 Å². The average molecular weight is 249 g/mol. The Hall–Kier alpha value is -1.96. The lowest BCUT2D eigenvalue weighted by Gasteiger charge is -2.36. The summed E-state index contributed by atoms with van der Waals surface area (Å²) < 4.78 is 0. The van der Waals surface area contributed by atoms with E-state index < -0.39 is 0 Å². The monoisotopic (exact) mass is 249 g/mol. The van der Waals surface area contributed by atoms with Gasteiger partial charge < -0.3 is 0 Å². The van der Waals surface area contributed by atoms with Gasteiger partial charge in [-0.05, 0) is 17.1 Å². The summed E-state index contributed by atoms with van der Waals surface area (Å²) in [6.45, 7) is 0. The Balaban J connectivity index is 1.86. The normalized spacial score (nSPS) is 34.8. The number of allylic oxidation sites excluding steroid dienone is 7. The SMILES string of the molecule is O=C1CC2C=CC=CC2C2=C1C1=CCC=NC1C=C2. The van der Waals surface area contributed by atoms with E-state index in [-0.39, 0.29) is 11.8 Å². The zero-order chi connectivity index (χ0) is 12.8. The molecule has 2 heteroatoms. The van der Waals surface area contributed by atoms with Crippen molar-refractivity contribution >= 4 is 12.0 Å². The van der Waals surface area contributed by atoms with Crippen LogP contribution in [0.1, 0.15) is 12.8 Å². The molecule has 0 amide bonds. The molecule has 1 heterocycles. The van der Waals surface area contributed by atoms with E-state index in [4.69, 9.17) is 0 Å². The third-order valence-corrected chi connectivity index (χ3v) is 4.37. The fourth-order valence-corrected chi connectivity index (χ4v) is 3.50. The number of aliphatic imine (C=N–C) groups is 1. The number of dihydropyridines is 1. The fraction of sp³-hybridized carbons (Fsp3) is 0.294. The van der Waals surface area contributed by atoms with Crippen LogP contribution in [0.25, 0.3) is 0 Å². The van der Waals surface area contributed by atoms with Gasteiger partial charge in [-0.15, -0.1) is 0 Å². The molecule has 0 bridgehead atoms. The molecule has 0 saturated heterocycles. The van der Waals surface area contributed by atoms with Crippen molar-refractivity contribution in [1.82, 2.24) is 0 Å². The molecule has 0 aromatic carbocycles. The van der Waals surface area contributed by atoms with Gasteiger partial charge in [-0.2, -0.15) is 0 Å². The molecule has 0 N–H and O–H groups in total. The highest BCUT2D eigenvalue weighted by atomic mass is 16.1. The van der Waals surface area contributed by atoms with E-state index in [0.717, 1.165) is 17.6 Å². The van der Waals surface area contributed by atoms with E-state index >= 15 is 0 Å². The molecule has 0 radical (unpaired) electrons. The van der Waals surface area contributed by atoms with E-state index in [1.165, 1.54) is 5.57 Å². The second kappa shape index (κ2) is 4.02. The maximum Gasteiger partial charge on any atom is 0.164 e. The number of nitrogens with zero attached hydrogens (tertiary/aromatic N) is 1. The molecule has 1 aliphatic heterocycles. The second-order valence-electron chi connectivity index (χ2n) is 5.45. The number of rotatable bonds is 0. The van der Waals surface area contributed by atoms with Crippen LogP contribution in [0.4, 0.5) is 0 Å². The first-order chi connectivity index (χ1) is 9.34. The third kappa shape index (κ3) is 1.56. The lowest BCUT2D eigenvalue weighted by Crippen LogP contribution is -2.31. The number of carbonyl (C=O) groups excluding carboxylic acids is 1. The summed E-state index contributed by atoms with van der Waals surface area (Å²) >= 11 is 0. The van der Waals surface area contributed by atoms with Crippen molar-refractivity contribution in [3.63, 3.8) is 0 Å². The summed E-state index contributed by atoms with van der Waals surface area (Å²) in [5.41, 5.74) is 3.28. The van der Waals surface area contributed by atoms with E-state index in [2.05, 4.69) is 47.5 Å². The maximum absolute atomic E-state index is 12.5. The first-order valence-corrected chi connectivity index (χ1v) is 6.87. The van der Waals surface area contributed by atoms with Crippen molar-refractivity contribution in [2.24, 2.45) is 16.8 Å². The summed E-state index contributed by atoms with van der Waals surface area (Å²) in [4.78, 5) is 17.0. The Kier molecular flexibility index (Phi) is 2.31. The third-order valence-electron chi connectivity index (χ3n) is 4.37. The fourth-order valence-electron chi connectivity index (χ4n) is 3.50. The number of Topliss-reactive ketones (excluding diaryl/α,β-unsaturated/α-hetero) is 1. The largest absolute Gasteiger partial charge is 0.294 e. The molecule has 19 heavy (non-hydrogen) atoms. The topological polar surface area (TPSA) is 29.4 Å². The van der Waals surface area contributed by atoms with Crippen molar-refractivity contribution in [3.05, 3.63) is 59.3 Å². The molecule has 3 unspecified atom stereocenters. The Labute approximate surface area is 112 Å². The van der Waals surface area contributed by atoms with Crippen LogP contribution in [0.15, 0.2) is 64.2 Å². The highest BCUT2D eigenvalue weighted by molar-refractivity contribution is 6.03. The standard InChI is InChI=1S/C17H15NO/c19-16-10-11-4-1-2-5-12(11)13-7-8-15-14(17(13)16)6-3-9-18-15/h1-2,4-9,11-12,15H,3,10H2. The van der Waals surface area contributed by atoms with Gasteiger partial charge in [0.25, 0.3) is 0 Å². The zero-order valence-corrected chi connectivity index (χ0v) is 10.6. The molecule has 0 saturated carbocycles. The Morgan fingerprint density at radius 1 is 1.16 bits per heavy atom. The van der Waals surface area contributed by atoms with Gasteiger partial charge in [0.15, 0.2) is 5.78 Å². The van der Waals surface area contributed by atoms with Crippen molar-refractivity contribution < 1.29 is 4.79 Å². The molecule has 4 rings (SSSR count). The minimum absolute atomic E-state index is 0.0658. The molecule has 0 fully saturated rings. The first kappa shape index (κ1) is 10.9. The van der Waals surface area contributed by atoms with Gasteiger partial charge >= 0.3 is 0 Å². The van der Waals surface area contributed by atoms with Crippen LogP contribution < -0.4 is 0 Å². The lowest BCUT2D eigenvalue weighted by molar-refractivity contribution is -0.116. The second-order valence-corrected chi connectivity index (χ2v) is 5.45. The number of fused-ring (bicyclic) bond motifs is 4. The molecule has 3 atom stereocenters. The van der Waals surface area contributed by atoms with Gasteiger partial charge in [-0.25, -0.2) is 0 Å². The van der Waals surface area contributed by atoms with Crippen LogP contribution >= 0.6 is 0 Å². The maximum atomic E-state index is 12.5. The Morgan fingerprint density at radius 2 is 2.05 bits per heavy atom. The smallest absolute Gasteiger partial charge is 0.164 e. The molecule has 4 aliphatic rings. The molecule has 94 valence electrons.